The highest BCUT2D eigenvalue weighted by Gasteiger charge is 2.19. The number of allylic oxidation sites excluding steroid dienone is 9. The molecule has 2 heteroatoms. The SMILES string of the molecule is C=C\C=C(/C=C(C)/C=C\C=C/C)n1c(-c2ccc(-c3ccc4c(-c5ccccc5)c5ccccc5c(-c5ccc6ccccc6c5)c4c3)cc2)nc2ccccc21. The van der Waals surface area contributed by atoms with Crippen LogP contribution in [0.4, 0.5) is 0 Å². The highest BCUT2D eigenvalue weighted by atomic mass is 15.1. The minimum atomic E-state index is 0.883. The molecule has 8 aromatic carbocycles. The lowest BCUT2D eigenvalue weighted by atomic mass is 9.84. The van der Waals surface area contributed by atoms with E-state index >= 15 is 0 Å². The van der Waals surface area contributed by atoms with E-state index in [1.807, 2.05) is 31.2 Å². The van der Waals surface area contributed by atoms with Gasteiger partial charge >= 0.3 is 0 Å². The summed E-state index contributed by atoms with van der Waals surface area (Å²) in [7, 11) is 0. The van der Waals surface area contributed by atoms with Crippen LogP contribution in [0.15, 0.2) is 218 Å². The topological polar surface area (TPSA) is 17.8 Å². The highest BCUT2D eigenvalue weighted by molar-refractivity contribution is 6.22. The van der Waals surface area contributed by atoms with E-state index in [1.54, 1.807) is 0 Å². The largest absolute Gasteiger partial charge is 0.292 e. The Hall–Kier alpha value is -7.29. The number of aromatic nitrogens is 2. The maximum Gasteiger partial charge on any atom is 0.145 e. The molecule has 0 saturated heterocycles. The smallest absolute Gasteiger partial charge is 0.145 e. The maximum atomic E-state index is 5.18. The minimum Gasteiger partial charge on any atom is -0.292 e. The predicted octanol–water partition coefficient (Wildman–Crippen LogP) is 15.3. The molecule has 1 aromatic heterocycles. The van der Waals surface area contributed by atoms with Gasteiger partial charge in [-0.3, -0.25) is 4.57 Å². The van der Waals surface area contributed by atoms with Crippen molar-refractivity contribution in [1.82, 2.24) is 9.55 Å². The Bertz CT molecular complexity index is 3080. The molecule has 0 saturated carbocycles. The highest BCUT2D eigenvalue weighted by Crippen LogP contribution is 2.45. The number of hydrogen-bond acceptors (Lipinski definition) is 1. The van der Waals surface area contributed by atoms with E-state index in [0.717, 1.165) is 44.8 Å². The van der Waals surface area contributed by atoms with Crippen LogP contribution < -0.4 is 0 Å². The second kappa shape index (κ2) is 15.5. The second-order valence-electron chi connectivity index (χ2n) is 14.4. The minimum absolute atomic E-state index is 0.883. The summed E-state index contributed by atoms with van der Waals surface area (Å²) < 4.78 is 2.24. The Morgan fingerprint density at radius 3 is 1.95 bits per heavy atom. The Balaban J connectivity index is 1.21. The lowest BCUT2D eigenvalue weighted by Crippen LogP contribution is -1.99. The van der Waals surface area contributed by atoms with Gasteiger partial charge < -0.3 is 0 Å². The first-order chi connectivity index (χ1) is 28.1. The van der Waals surface area contributed by atoms with E-state index < -0.39 is 0 Å². The van der Waals surface area contributed by atoms with Crippen molar-refractivity contribution in [2.45, 2.75) is 13.8 Å². The molecule has 0 bridgehead atoms. The molecule has 0 spiro atoms. The summed E-state index contributed by atoms with van der Waals surface area (Å²) in [5, 5.41) is 7.45. The van der Waals surface area contributed by atoms with Crippen LogP contribution in [-0.4, -0.2) is 9.55 Å². The molecule has 0 atom stereocenters. The van der Waals surface area contributed by atoms with Crippen LogP contribution >= 0.6 is 0 Å². The predicted molar refractivity (Wildman–Crippen MR) is 246 cm³/mol. The van der Waals surface area contributed by atoms with Crippen molar-refractivity contribution in [3.05, 3.63) is 218 Å². The molecule has 0 N–H and O–H groups in total. The Morgan fingerprint density at radius 1 is 0.544 bits per heavy atom. The lowest BCUT2D eigenvalue weighted by molar-refractivity contribution is 1.14. The quantitative estimate of drug-likeness (QED) is 0.107. The van der Waals surface area contributed by atoms with Crippen molar-refractivity contribution < 1.29 is 0 Å². The summed E-state index contributed by atoms with van der Waals surface area (Å²) in [6.45, 7) is 8.19. The number of nitrogens with zero attached hydrogens (tertiary/aromatic N) is 2. The Kier molecular flexibility index (Phi) is 9.60. The number of imidazole rings is 1. The number of para-hydroxylation sites is 2. The fraction of sp³-hybridized carbons (Fsp3) is 0.0364. The van der Waals surface area contributed by atoms with Gasteiger partial charge in [0.1, 0.15) is 5.82 Å². The molecule has 1 heterocycles. The van der Waals surface area contributed by atoms with Crippen LogP contribution in [-0.2, 0) is 0 Å². The summed E-state index contributed by atoms with van der Waals surface area (Å²) in [6, 6.07) is 59.3. The third-order valence-corrected chi connectivity index (χ3v) is 10.7. The van der Waals surface area contributed by atoms with Gasteiger partial charge in [-0.1, -0.05) is 176 Å². The summed E-state index contributed by atoms with van der Waals surface area (Å²) >= 11 is 0. The van der Waals surface area contributed by atoms with Gasteiger partial charge in [-0.2, -0.15) is 0 Å². The molecule has 0 aliphatic carbocycles. The molecule has 0 aliphatic rings. The maximum absolute atomic E-state index is 5.18. The third-order valence-electron chi connectivity index (χ3n) is 10.7. The zero-order chi connectivity index (χ0) is 38.7. The van der Waals surface area contributed by atoms with Crippen LogP contribution in [0.25, 0.3) is 93.8 Å². The molecular formula is C55H42N2. The van der Waals surface area contributed by atoms with Gasteiger partial charge in [0.05, 0.1) is 11.0 Å². The fourth-order valence-corrected chi connectivity index (χ4v) is 8.13. The molecule has 57 heavy (non-hydrogen) atoms. The number of fused-ring (bicyclic) bond motifs is 4. The van der Waals surface area contributed by atoms with Gasteiger partial charge in [-0.25, -0.2) is 4.98 Å². The molecule has 272 valence electrons. The van der Waals surface area contributed by atoms with Crippen molar-refractivity contribution in [3.63, 3.8) is 0 Å². The van der Waals surface area contributed by atoms with Crippen LogP contribution in [0.1, 0.15) is 13.8 Å². The van der Waals surface area contributed by atoms with Crippen molar-refractivity contribution in [1.29, 1.82) is 0 Å². The summed E-state index contributed by atoms with van der Waals surface area (Å²) in [5.74, 6) is 0.883. The monoisotopic (exact) mass is 730 g/mol. The molecule has 0 radical (unpaired) electrons. The van der Waals surface area contributed by atoms with Crippen LogP contribution in [0.2, 0.25) is 0 Å². The molecular weight excluding hydrogens is 689 g/mol. The van der Waals surface area contributed by atoms with E-state index in [2.05, 4.69) is 200 Å². The standard InChI is InChI=1S/C55H42N2/c1-4-6-8-18-38(3)35-46(17-5-2)57-52-26-16-15-25-51(52)56-55(57)42-30-27-40(28-31-42)44-33-34-49-50(37-44)54(45-32-29-39-19-11-12-22-43(39)36-45)48-24-14-13-23-47(48)53(49)41-20-9-7-10-21-41/h4-37H,2H2,1,3H3/b6-4-,18-8-,38-35+,46-17+. The van der Waals surface area contributed by atoms with Crippen LogP contribution in [0.3, 0.4) is 0 Å². The molecule has 9 aromatic rings. The van der Waals surface area contributed by atoms with Gasteiger partial charge in [0, 0.05) is 11.3 Å². The molecule has 9 rings (SSSR count). The molecule has 0 fully saturated rings. The van der Waals surface area contributed by atoms with E-state index in [1.165, 1.54) is 54.6 Å². The first-order valence-corrected chi connectivity index (χ1v) is 19.5. The lowest BCUT2D eigenvalue weighted by Gasteiger charge is -2.19. The number of hydrogen-bond donors (Lipinski definition) is 0. The zero-order valence-corrected chi connectivity index (χ0v) is 32.2. The third kappa shape index (κ3) is 6.73. The molecule has 0 aliphatic heterocycles. The van der Waals surface area contributed by atoms with E-state index in [9.17, 15) is 0 Å². The molecule has 0 unspecified atom stereocenters. The first kappa shape index (κ1) is 35.4. The van der Waals surface area contributed by atoms with Gasteiger partial charge in [0.25, 0.3) is 0 Å². The zero-order valence-electron chi connectivity index (χ0n) is 32.2. The summed E-state index contributed by atoms with van der Waals surface area (Å²) in [6.07, 6.45) is 14.3. The van der Waals surface area contributed by atoms with Crippen molar-refractivity contribution in [3.8, 4) is 44.8 Å². The normalized spacial score (nSPS) is 12.5. The number of benzene rings is 8. The Labute approximate surface area is 334 Å². The average molecular weight is 731 g/mol. The Morgan fingerprint density at radius 2 is 1.18 bits per heavy atom. The van der Waals surface area contributed by atoms with E-state index in [4.69, 9.17) is 4.98 Å². The van der Waals surface area contributed by atoms with Gasteiger partial charge in [0.2, 0.25) is 0 Å². The summed E-state index contributed by atoms with van der Waals surface area (Å²) in [5.41, 5.74) is 12.4. The first-order valence-electron chi connectivity index (χ1n) is 19.5. The molecule has 2 nitrogen and oxygen atoms in total. The van der Waals surface area contributed by atoms with E-state index in [-0.39, 0.29) is 0 Å². The van der Waals surface area contributed by atoms with Gasteiger partial charge in [0.15, 0.2) is 0 Å². The van der Waals surface area contributed by atoms with E-state index in [0.29, 0.717) is 0 Å². The van der Waals surface area contributed by atoms with Crippen LogP contribution in [0, 0.1) is 0 Å². The summed E-state index contributed by atoms with van der Waals surface area (Å²) in [4.78, 5) is 5.18. The van der Waals surface area contributed by atoms with Crippen molar-refractivity contribution >= 4 is 49.0 Å². The van der Waals surface area contributed by atoms with Crippen LogP contribution in [0.5, 0.6) is 0 Å². The van der Waals surface area contributed by atoms with Gasteiger partial charge in [-0.15, -0.1) is 0 Å². The number of rotatable bonds is 9. The second-order valence-corrected chi connectivity index (χ2v) is 14.4. The van der Waals surface area contributed by atoms with Gasteiger partial charge in [-0.05, 0) is 122 Å². The fourth-order valence-electron chi connectivity index (χ4n) is 8.13. The average Bonchev–Trinajstić information content (AvgIpc) is 3.65. The van der Waals surface area contributed by atoms with Crippen molar-refractivity contribution in [2.24, 2.45) is 0 Å². The van der Waals surface area contributed by atoms with Crippen molar-refractivity contribution in [2.75, 3.05) is 0 Å². The molecule has 0 amide bonds.